The van der Waals surface area contributed by atoms with Gasteiger partial charge in [-0.2, -0.15) is 0 Å². The highest BCUT2D eigenvalue weighted by Gasteiger charge is 2.52. The second kappa shape index (κ2) is 15.6. The summed E-state index contributed by atoms with van der Waals surface area (Å²) in [6, 6.07) is 93.9. The van der Waals surface area contributed by atoms with Crippen LogP contribution in [0.15, 0.2) is 249 Å². The second-order valence-corrected chi connectivity index (χ2v) is 21.9. The molecule has 350 valence electrons. The summed E-state index contributed by atoms with van der Waals surface area (Å²) in [5.41, 5.74) is 31.4. The predicted octanol–water partition coefficient (Wildman–Crippen LogP) is 19.1. The molecule has 4 aliphatic carbocycles. The quantitative estimate of drug-likeness (QED) is 0.161. The normalized spacial score (nSPS) is 14.8. The van der Waals surface area contributed by atoms with E-state index in [4.69, 9.17) is 0 Å². The molecule has 74 heavy (non-hydrogen) atoms. The molecular formula is C73H53N. The summed E-state index contributed by atoms with van der Waals surface area (Å²) in [4.78, 5) is 2.56. The van der Waals surface area contributed by atoms with Crippen LogP contribution in [-0.4, -0.2) is 0 Å². The molecule has 0 N–H and O–H groups in total. The van der Waals surface area contributed by atoms with Gasteiger partial charge in [-0.05, 0) is 142 Å². The summed E-state index contributed by atoms with van der Waals surface area (Å²) < 4.78 is 0. The first-order valence-corrected chi connectivity index (χ1v) is 26.3. The Balaban J connectivity index is 0.942. The summed E-state index contributed by atoms with van der Waals surface area (Å²) in [6.07, 6.45) is 0. The zero-order valence-electron chi connectivity index (χ0n) is 42.1. The van der Waals surface area contributed by atoms with Crippen molar-refractivity contribution in [1.29, 1.82) is 0 Å². The van der Waals surface area contributed by atoms with Crippen LogP contribution >= 0.6 is 0 Å². The smallest absolute Gasteiger partial charge is 0.0726 e. The van der Waals surface area contributed by atoms with Gasteiger partial charge in [0.25, 0.3) is 0 Å². The molecule has 0 bridgehead atoms. The third kappa shape index (κ3) is 5.70. The van der Waals surface area contributed by atoms with Crippen molar-refractivity contribution in [1.82, 2.24) is 0 Å². The minimum atomic E-state index is -0.470. The maximum Gasteiger partial charge on any atom is 0.0726 e. The van der Waals surface area contributed by atoms with Gasteiger partial charge >= 0.3 is 0 Å². The molecule has 15 rings (SSSR count). The van der Waals surface area contributed by atoms with Crippen LogP contribution in [0.4, 0.5) is 17.1 Å². The Morgan fingerprint density at radius 3 is 1.31 bits per heavy atom. The van der Waals surface area contributed by atoms with Crippen LogP contribution in [0, 0.1) is 0 Å². The summed E-state index contributed by atoms with van der Waals surface area (Å²) in [6.45, 7) is 9.53. The van der Waals surface area contributed by atoms with Crippen LogP contribution in [0.5, 0.6) is 0 Å². The molecule has 0 fully saturated rings. The Labute approximate surface area is 434 Å². The van der Waals surface area contributed by atoms with Crippen molar-refractivity contribution in [3.05, 3.63) is 293 Å². The molecule has 0 aliphatic heterocycles. The average molecular weight is 944 g/mol. The lowest BCUT2D eigenvalue weighted by Crippen LogP contribution is -2.26. The van der Waals surface area contributed by atoms with Crippen molar-refractivity contribution < 1.29 is 0 Å². The van der Waals surface area contributed by atoms with Gasteiger partial charge in [-0.15, -0.1) is 0 Å². The third-order valence-electron chi connectivity index (χ3n) is 17.5. The Morgan fingerprint density at radius 1 is 0.257 bits per heavy atom. The lowest BCUT2D eigenvalue weighted by molar-refractivity contribution is 0.660. The summed E-state index contributed by atoms with van der Waals surface area (Å²) in [5.74, 6) is 0. The molecule has 11 aromatic rings. The molecule has 1 spiro atoms. The van der Waals surface area contributed by atoms with Crippen molar-refractivity contribution in [3.8, 4) is 77.9 Å². The molecule has 1 nitrogen and oxygen atoms in total. The lowest BCUT2D eigenvalue weighted by Gasteiger charge is -2.32. The second-order valence-electron chi connectivity index (χ2n) is 21.9. The van der Waals surface area contributed by atoms with E-state index in [0.29, 0.717) is 0 Å². The minimum Gasteiger partial charge on any atom is -0.309 e. The van der Waals surface area contributed by atoms with E-state index in [1.54, 1.807) is 0 Å². The Morgan fingerprint density at radius 2 is 0.662 bits per heavy atom. The fraction of sp³-hybridized carbons (Fsp3) is 0.0959. The zero-order chi connectivity index (χ0) is 49.5. The van der Waals surface area contributed by atoms with E-state index in [1.165, 1.54) is 122 Å². The van der Waals surface area contributed by atoms with E-state index in [2.05, 4.69) is 281 Å². The molecule has 0 amide bonds. The summed E-state index contributed by atoms with van der Waals surface area (Å²) in [5, 5.41) is 0. The van der Waals surface area contributed by atoms with Gasteiger partial charge in [-0.25, -0.2) is 0 Å². The van der Waals surface area contributed by atoms with E-state index < -0.39 is 5.41 Å². The summed E-state index contributed by atoms with van der Waals surface area (Å²) in [7, 11) is 0. The van der Waals surface area contributed by atoms with Crippen LogP contribution < -0.4 is 4.90 Å². The molecule has 0 saturated heterocycles. The highest BCUT2D eigenvalue weighted by atomic mass is 15.1. The van der Waals surface area contributed by atoms with Gasteiger partial charge in [0.1, 0.15) is 0 Å². The van der Waals surface area contributed by atoms with E-state index in [9.17, 15) is 0 Å². The molecule has 0 unspecified atom stereocenters. The van der Waals surface area contributed by atoms with E-state index >= 15 is 0 Å². The first-order valence-electron chi connectivity index (χ1n) is 26.3. The number of nitrogens with zero attached hydrogens (tertiary/aromatic N) is 1. The van der Waals surface area contributed by atoms with Gasteiger partial charge < -0.3 is 4.90 Å². The highest BCUT2D eigenvalue weighted by molar-refractivity contribution is 6.03. The number of fused-ring (bicyclic) bond motifs is 16. The van der Waals surface area contributed by atoms with Crippen molar-refractivity contribution >= 4 is 17.1 Å². The number of hydrogen-bond donors (Lipinski definition) is 0. The van der Waals surface area contributed by atoms with Crippen molar-refractivity contribution in [2.75, 3.05) is 4.90 Å². The average Bonchev–Trinajstić information content (AvgIpc) is 4.16. The minimum absolute atomic E-state index is 0.131. The third-order valence-corrected chi connectivity index (χ3v) is 17.5. The van der Waals surface area contributed by atoms with Gasteiger partial charge in [0.05, 0.1) is 16.8 Å². The Hall–Kier alpha value is -8.78. The zero-order valence-corrected chi connectivity index (χ0v) is 42.1. The fourth-order valence-electron chi connectivity index (χ4n) is 14.3. The monoisotopic (exact) mass is 943 g/mol. The number of hydrogen-bond acceptors (Lipinski definition) is 1. The molecule has 0 atom stereocenters. The molecule has 4 aliphatic rings. The number of benzene rings is 11. The maximum absolute atomic E-state index is 2.56. The standard InChI is InChI=1S/C73H53N/c1-71(2)60-31-13-7-24-52(60)56-44-41-47(45-66(56)71)50-22-12-18-37-67(50)74(68-38-20-36-65-69(68)59-28-11-17-35-64(59)73(65)62-33-15-9-25-53(62)54-26-10-16-34-63(54)73)48-42-39-46(40-43-48)49-21-5-6-23-51(49)57-29-19-30-58-55-27-8-14-32-61(55)72(3,4)70(57)58/h5-45H,1-4H3. The van der Waals surface area contributed by atoms with Gasteiger partial charge in [-0.3, -0.25) is 0 Å². The first-order chi connectivity index (χ1) is 36.3. The number of anilines is 3. The highest BCUT2D eigenvalue weighted by Crippen LogP contribution is 2.65. The first kappa shape index (κ1) is 42.9. The topological polar surface area (TPSA) is 3.24 Å². The molecule has 0 saturated carbocycles. The van der Waals surface area contributed by atoms with Crippen LogP contribution in [-0.2, 0) is 16.2 Å². The van der Waals surface area contributed by atoms with Crippen molar-refractivity contribution in [2.45, 2.75) is 43.9 Å². The van der Waals surface area contributed by atoms with Crippen LogP contribution in [0.3, 0.4) is 0 Å². The summed E-state index contributed by atoms with van der Waals surface area (Å²) >= 11 is 0. The SMILES string of the molecule is CC1(C)c2ccccc2-c2ccc(-c3ccccc3N(c3ccc(-c4ccccc4-c4cccc5c4C(C)(C)c4ccccc4-5)cc3)c3cccc4c3-c3ccccc3C43c4ccccc4-c4ccccc43)cc21. The maximum atomic E-state index is 2.56. The van der Waals surface area contributed by atoms with Gasteiger partial charge in [0.15, 0.2) is 0 Å². The molecule has 0 radical (unpaired) electrons. The van der Waals surface area contributed by atoms with E-state index in [1.807, 2.05) is 0 Å². The van der Waals surface area contributed by atoms with Crippen molar-refractivity contribution in [2.24, 2.45) is 0 Å². The van der Waals surface area contributed by atoms with Crippen LogP contribution in [0.2, 0.25) is 0 Å². The number of rotatable bonds is 6. The Kier molecular flexibility index (Phi) is 9.04. The van der Waals surface area contributed by atoms with Gasteiger partial charge in [0.2, 0.25) is 0 Å². The molecule has 0 aromatic heterocycles. The number of para-hydroxylation sites is 1. The Bertz CT molecular complexity index is 4100. The van der Waals surface area contributed by atoms with Crippen LogP contribution in [0.25, 0.3) is 77.9 Å². The predicted molar refractivity (Wildman–Crippen MR) is 309 cm³/mol. The largest absolute Gasteiger partial charge is 0.309 e. The van der Waals surface area contributed by atoms with Gasteiger partial charge in [0, 0.05) is 27.6 Å². The lowest BCUT2D eigenvalue weighted by atomic mass is 9.70. The molecule has 0 heterocycles. The molecule has 1 heteroatoms. The van der Waals surface area contributed by atoms with Gasteiger partial charge in [-0.1, -0.05) is 246 Å². The molecule has 11 aromatic carbocycles. The fourth-order valence-corrected chi connectivity index (χ4v) is 14.3. The van der Waals surface area contributed by atoms with Crippen molar-refractivity contribution in [3.63, 3.8) is 0 Å². The van der Waals surface area contributed by atoms with E-state index in [-0.39, 0.29) is 10.8 Å². The molecular weight excluding hydrogens is 891 g/mol. The van der Waals surface area contributed by atoms with E-state index in [0.717, 1.165) is 17.1 Å². The van der Waals surface area contributed by atoms with Crippen LogP contribution in [0.1, 0.15) is 72.2 Å².